The number of carbonyl (C=O) groups excluding carboxylic acids is 3. The molecule has 3 atom stereocenters. The lowest BCUT2D eigenvalue weighted by Gasteiger charge is -2.25. The van der Waals surface area contributed by atoms with Crippen LogP contribution in [0.1, 0.15) is 19.3 Å². The molecule has 0 radical (unpaired) electrons. The van der Waals surface area contributed by atoms with Gasteiger partial charge in [-0.2, -0.15) is 0 Å². The van der Waals surface area contributed by atoms with Crippen LogP contribution in [-0.4, -0.2) is 25.0 Å². The number of rotatable bonds is 1. The number of methoxy groups -OCH3 is 1. The van der Waals surface area contributed by atoms with E-state index in [-0.39, 0.29) is 17.8 Å². The number of fused-ring (bicyclic) bond motifs is 1. The fraction of sp³-hybridized carbons (Fsp3) is 0.700. The van der Waals surface area contributed by atoms with Crippen LogP contribution in [0.5, 0.6) is 0 Å². The van der Waals surface area contributed by atoms with Gasteiger partial charge in [-0.15, -0.1) is 0 Å². The maximum absolute atomic E-state index is 11.3. The van der Waals surface area contributed by atoms with Gasteiger partial charge in [0.1, 0.15) is 0 Å². The second-order valence-corrected chi connectivity index (χ2v) is 3.99. The van der Waals surface area contributed by atoms with Gasteiger partial charge in [0.25, 0.3) is 0 Å². The monoisotopic (exact) mass is 212 g/mol. The van der Waals surface area contributed by atoms with E-state index in [1.165, 1.54) is 7.11 Å². The van der Waals surface area contributed by atoms with E-state index in [1.54, 1.807) is 0 Å². The van der Waals surface area contributed by atoms with Gasteiger partial charge in [-0.25, -0.2) is 0 Å². The summed E-state index contributed by atoms with van der Waals surface area (Å²) in [5.74, 6) is -2.27. The summed E-state index contributed by atoms with van der Waals surface area (Å²) >= 11 is 0. The van der Waals surface area contributed by atoms with Crippen LogP contribution in [-0.2, 0) is 23.9 Å². The van der Waals surface area contributed by atoms with Gasteiger partial charge in [0.2, 0.25) is 0 Å². The van der Waals surface area contributed by atoms with Crippen LogP contribution in [0.4, 0.5) is 0 Å². The Morgan fingerprint density at radius 2 is 1.93 bits per heavy atom. The summed E-state index contributed by atoms with van der Waals surface area (Å²) in [4.78, 5) is 33.8. The number of cyclic esters (lactones) is 2. The van der Waals surface area contributed by atoms with Crippen molar-refractivity contribution >= 4 is 17.9 Å². The van der Waals surface area contributed by atoms with Gasteiger partial charge in [-0.1, -0.05) is 0 Å². The van der Waals surface area contributed by atoms with E-state index in [9.17, 15) is 14.4 Å². The van der Waals surface area contributed by atoms with Gasteiger partial charge in [0, 0.05) is 0 Å². The first kappa shape index (κ1) is 10.1. The normalized spacial score (nSPS) is 34.6. The molecular weight excluding hydrogens is 200 g/mol. The highest BCUT2D eigenvalue weighted by Crippen LogP contribution is 2.39. The summed E-state index contributed by atoms with van der Waals surface area (Å²) in [6.07, 6.45) is 1.51. The molecule has 5 heteroatoms. The second-order valence-electron chi connectivity index (χ2n) is 3.99. The summed E-state index contributed by atoms with van der Waals surface area (Å²) in [5.41, 5.74) is 0. The van der Waals surface area contributed by atoms with Gasteiger partial charge in [0.15, 0.2) is 0 Å². The highest BCUT2D eigenvalue weighted by Gasteiger charge is 2.48. The lowest BCUT2D eigenvalue weighted by Crippen LogP contribution is -2.31. The molecule has 82 valence electrons. The smallest absolute Gasteiger partial charge is 0.317 e. The molecule has 0 bridgehead atoms. The minimum Gasteiger partial charge on any atom is -0.469 e. The van der Waals surface area contributed by atoms with Crippen molar-refractivity contribution in [2.75, 3.05) is 7.11 Å². The molecule has 5 nitrogen and oxygen atoms in total. The quantitative estimate of drug-likeness (QED) is 0.461. The van der Waals surface area contributed by atoms with Crippen LogP contribution >= 0.6 is 0 Å². The topological polar surface area (TPSA) is 69.7 Å². The number of carbonyl (C=O) groups is 3. The van der Waals surface area contributed by atoms with Crippen molar-refractivity contribution in [3.63, 3.8) is 0 Å². The van der Waals surface area contributed by atoms with Crippen molar-refractivity contribution in [1.29, 1.82) is 0 Å². The first-order chi connectivity index (χ1) is 7.13. The highest BCUT2D eigenvalue weighted by atomic mass is 16.6. The highest BCUT2D eigenvalue weighted by molar-refractivity contribution is 5.97. The van der Waals surface area contributed by atoms with Gasteiger partial charge < -0.3 is 9.47 Å². The van der Waals surface area contributed by atoms with E-state index in [0.29, 0.717) is 19.3 Å². The maximum atomic E-state index is 11.3. The SMILES string of the molecule is COC(=O)[C@H]1CC[C@H]2C(=O)OC(=O)[C@H]2C1. The lowest BCUT2D eigenvalue weighted by molar-refractivity contribution is -0.153. The fourth-order valence-corrected chi connectivity index (χ4v) is 2.34. The van der Waals surface area contributed by atoms with Crippen LogP contribution in [0, 0.1) is 17.8 Å². The van der Waals surface area contributed by atoms with Crippen LogP contribution in [0.25, 0.3) is 0 Å². The zero-order chi connectivity index (χ0) is 11.0. The zero-order valence-electron chi connectivity index (χ0n) is 8.39. The molecule has 1 saturated heterocycles. The minimum atomic E-state index is -0.487. The van der Waals surface area contributed by atoms with Gasteiger partial charge in [-0.3, -0.25) is 14.4 Å². The van der Waals surface area contributed by atoms with Crippen LogP contribution in [0.2, 0.25) is 0 Å². The van der Waals surface area contributed by atoms with Crippen LogP contribution < -0.4 is 0 Å². The summed E-state index contributed by atoms with van der Waals surface area (Å²) in [6.45, 7) is 0. The van der Waals surface area contributed by atoms with Crippen molar-refractivity contribution in [2.45, 2.75) is 19.3 Å². The average molecular weight is 212 g/mol. The predicted octanol–water partition coefficient (Wildman–Crippen LogP) is 0.275. The zero-order valence-corrected chi connectivity index (χ0v) is 8.39. The molecule has 2 rings (SSSR count). The number of esters is 3. The molecule has 0 unspecified atom stereocenters. The molecule has 1 saturated carbocycles. The van der Waals surface area contributed by atoms with Gasteiger partial charge in [0.05, 0.1) is 24.9 Å². The molecule has 2 aliphatic rings. The summed E-state index contributed by atoms with van der Waals surface area (Å²) in [6, 6.07) is 0. The van der Waals surface area contributed by atoms with E-state index >= 15 is 0 Å². The molecule has 1 aliphatic heterocycles. The molecule has 15 heavy (non-hydrogen) atoms. The first-order valence-electron chi connectivity index (χ1n) is 4.97. The molecule has 0 aromatic heterocycles. The third kappa shape index (κ3) is 1.62. The third-order valence-corrected chi connectivity index (χ3v) is 3.19. The number of hydrogen-bond acceptors (Lipinski definition) is 5. The van der Waals surface area contributed by atoms with Crippen molar-refractivity contribution in [3.8, 4) is 0 Å². The van der Waals surface area contributed by atoms with Crippen molar-refractivity contribution in [3.05, 3.63) is 0 Å². The van der Waals surface area contributed by atoms with Crippen molar-refractivity contribution in [2.24, 2.45) is 17.8 Å². The molecular formula is C10H12O5. The van der Waals surface area contributed by atoms with Gasteiger partial charge >= 0.3 is 17.9 Å². The van der Waals surface area contributed by atoms with Gasteiger partial charge in [-0.05, 0) is 19.3 Å². The summed E-state index contributed by atoms with van der Waals surface area (Å²) in [7, 11) is 1.33. The Kier molecular flexibility index (Phi) is 2.46. The lowest BCUT2D eigenvalue weighted by atomic mass is 9.75. The summed E-state index contributed by atoms with van der Waals surface area (Å²) in [5, 5.41) is 0. The molecule has 0 N–H and O–H groups in total. The van der Waals surface area contributed by atoms with Crippen LogP contribution in [0.3, 0.4) is 0 Å². The molecule has 1 heterocycles. The van der Waals surface area contributed by atoms with E-state index in [1.807, 2.05) is 0 Å². The van der Waals surface area contributed by atoms with E-state index < -0.39 is 17.9 Å². The predicted molar refractivity (Wildman–Crippen MR) is 47.4 cm³/mol. The molecule has 1 aliphatic carbocycles. The molecule has 0 spiro atoms. The van der Waals surface area contributed by atoms with E-state index in [2.05, 4.69) is 9.47 Å². The Morgan fingerprint density at radius 1 is 1.27 bits per heavy atom. The standard InChI is InChI=1S/C10H12O5/c1-14-8(11)5-2-3-6-7(4-5)10(13)15-9(6)12/h5-7H,2-4H2,1H3/t5-,6+,7-/m0/s1. The largest absolute Gasteiger partial charge is 0.469 e. The molecule has 0 amide bonds. The Hall–Kier alpha value is -1.39. The first-order valence-corrected chi connectivity index (χ1v) is 4.97. The Morgan fingerprint density at radius 3 is 2.60 bits per heavy atom. The fourth-order valence-electron chi connectivity index (χ4n) is 2.34. The molecule has 0 aromatic carbocycles. The Balaban J connectivity index is 2.08. The average Bonchev–Trinajstić information content (AvgIpc) is 2.53. The van der Waals surface area contributed by atoms with Crippen molar-refractivity contribution in [1.82, 2.24) is 0 Å². The Labute approximate surface area is 86.7 Å². The third-order valence-electron chi connectivity index (χ3n) is 3.19. The maximum Gasteiger partial charge on any atom is 0.317 e. The number of ether oxygens (including phenoxy) is 2. The number of hydrogen-bond donors (Lipinski definition) is 0. The second kappa shape index (κ2) is 3.64. The van der Waals surface area contributed by atoms with Crippen molar-refractivity contribution < 1.29 is 23.9 Å². The van der Waals surface area contributed by atoms with E-state index in [0.717, 1.165) is 0 Å². The minimum absolute atomic E-state index is 0.269. The molecule has 0 aromatic rings. The van der Waals surface area contributed by atoms with E-state index in [4.69, 9.17) is 0 Å². The Bertz CT molecular complexity index is 322. The summed E-state index contributed by atoms with van der Waals surface area (Å²) < 4.78 is 9.16. The molecule has 2 fully saturated rings. The van der Waals surface area contributed by atoms with Crippen LogP contribution in [0.15, 0.2) is 0 Å².